The number of nitrogens with one attached hydrogen (secondary N) is 1. The lowest BCUT2D eigenvalue weighted by molar-refractivity contribution is -0.119. The second kappa shape index (κ2) is 6.55. The molecule has 0 aliphatic carbocycles. The molecule has 1 fully saturated rings. The van der Waals surface area contributed by atoms with Crippen molar-refractivity contribution < 1.29 is 18.4 Å². The number of carbonyl (C=O) groups excluding carboxylic acids is 2. The topological polar surface area (TPSA) is 101 Å². The van der Waals surface area contributed by atoms with Gasteiger partial charge in [0, 0.05) is 0 Å². The van der Waals surface area contributed by atoms with E-state index in [0.717, 1.165) is 0 Å². The third-order valence-electron chi connectivity index (χ3n) is 4.40. The van der Waals surface area contributed by atoms with E-state index in [0.29, 0.717) is 16.7 Å². The lowest BCUT2D eigenvalue weighted by atomic mass is 10.0. The molecule has 0 bridgehead atoms. The molecule has 1 aliphatic rings. The summed E-state index contributed by atoms with van der Waals surface area (Å²) in [6.07, 6.45) is 0. The maximum absolute atomic E-state index is 13.6. The van der Waals surface area contributed by atoms with Crippen molar-refractivity contribution in [3.8, 4) is 0 Å². The number of halogens is 2. The van der Waals surface area contributed by atoms with Crippen molar-refractivity contribution in [2.45, 2.75) is 12.1 Å². The van der Waals surface area contributed by atoms with E-state index in [2.05, 4.69) is 10.3 Å². The van der Waals surface area contributed by atoms with Gasteiger partial charge in [-0.3, -0.25) is 4.79 Å². The van der Waals surface area contributed by atoms with Crippen LogP contribution in [0, 0.1) is 5.82 Å². The van der Waals surface area contributed by atoms with Crippen molar-refractivity contribution in [1.82, 2.24) is 15.2 Å². The quantitative estimate of drug-likeness (QED) is 0.717. The van der Waals surface area contributed by atoms with Crippen molar-refractivity contribution >= 4 is 34.6 Å². The summed E-state index contributed by atoms with van der Waals surface area (Å²) in [6.45, 7) is 0.0204. The first-order valence-corrected chi connectivity index (χ1v) is 8.48. The average molecular weight is 389 g/mol. The van der Waals surface area contributed by atoms with E-state index in [4.69, 9.17) is 21.8 Å². The Morgan fingerprint density at radius 1 is 1.37 bits per heavy atom. The van der Waals surface area contributed by atoms with E-state index in [1.54, 1.807) is 18.2 Å². The minimum Gasteiger partial charge on any atom is -0.438 e. The van der Waals surface area contributed by atoms with E-state index < -0.39 is 29.8 Å². The van der Waals surface area contributed by atoms with Crippen LogP contribution in [-0.4, -0.2) is 34.4 Å². The molecule has 1 aliphatic heterocycles. The number of nitrogens with zero attached hydrogens (tertiary/aromatic N) is 2. The third-order valence-corrected chi connectivity index (χ3v) is 4.69. The van der Waals surface area contributed by atoms with Crippen LogP contribution >= 0.6 is 11.6 Å². The first-order chi connectivity index (χ1) is 12.9. The summed E-state index contributed by atoms with van der Waals surface area (Å²) >= 11 is 5.93. The van der Waals surface area contributed by atoms with Crippen LogP contribution < -0.4 is 11.1 Å². The molecule has 9 heteroatoms. The maximum atomic E-state index is 13.6. The molecule has 1 aromatic heterocycles. The van der Waals surface area contributed by atoms with Crippen LogP contribution in [0.3, 0.4) is 0 Å². The number of nitrogens with two attached hydrogens (primary N) is 1. The van der Waals surface area contributed by atoms with Gasteiger partial charge in [0.05, 0.1) is 11.6 Å². The van der Waals surface area contributed by atoms with Gasteiger partial charge in [-0.15, -0.1) is 0 Å². The summed E-state index contributed by atoms with van der Waals surface area (Å²) in [6, 6.07) is 9.06. The molecule has 3 N–H and O–H groups in total. The molecule has 2 aromatic carbocycles. The number of urea groups is 1. The molecule has 1 saturated heterocycles. The van der Waals surface area contributed by atoms with E-state index in [1.807, 2.05) is 6.07 Å². The largest absolute Gasteiger partial charge is 0.438 e. The molecule has 2 atom stereocenters. The zero-order valence-electron chi connectivity index (χ0n) is 13.9. The second-order valence-electron chi connectivity index (χ2n) is 6.15. The molecule has 3 aromatic rings. The number of hydrogen-bond acceptors (Lipinski definition) is 4. The van der Waals surface area contributed by atoms with Crippen molar-refractivity contribution in [3.63, 3.8) is 0 Å². The van der Waals surface area contributed by atoms with Gasteiger partial charge in [0.25, 0.3) is 0 Å². The number of amides is 3. The van der Waals surface area contributed by atoms with Crippen molar-refractivity contribution in [1.29, 1.82) is 0 Å². The van der Waals surface area contributed by atoms with Crippen LogP contribution in [0.1, 0.15) is 17.5 Å². The number of carbonyl (C=O) groups is 2. The van der Waals surface area contributed by atoms with E-state index in [9.17, 15) is 14.0 Å². The first-order valence-electron chi connectivity index (χ1n) is 8.11. The Bertz CT molecular complexity index is 1020. The normalized spacial score (nSPS) is 17.9. The molecular weight excluding hydrogens is 375 g/mol. The van der Waals surface area contributed by atoms with Gasteiger partial charge in [-0.25, -0.2) is 14.2 Å². The predicted molar refractivity (Wildman–Crippen MR) is 95.5 cm³/mol. The van der Waals surface area contributed by atoms with Crippen molar-refractivity contribution in [2.75, 3.05) is 6.54 Å². The van der Waals surface area contributed by atoms with Gasteiger partial charge in [0.1, 0.15) is 23.4 Å². The van der Waals surface area contributed by atoms with Crippen LogP contribution in [0.2, 0.25) is 5.02 Å². The Morgan fingerprint density at radius 2 is 2.15 bits per heavy atom. The smallest absolute Gasteiger partial charge is 0.319 e. The zero-order chi connectivity index (χ0) is 19.1. The number of rotatable bonds is 4. The minimum atomic E-state index is -0.847. The summed E-state index contributed by atoms with van der Waals surface area (Å²) in [4.78, 5) is 29.8. The number of hydrogen-bond donors (Lipinski definition) is 2. The highest BCUT2D eigenvalue weighted by atomic mass is 35.5. The highest BCUT2D eigenvalue weighted by Gasteiger charge is 2.40. The number of benzene rings is 2. The molecule has 0 spiro atoms. The SMILES string of the molecule is NC(=O)C1CN([C@H](c2ccc(F)c(Cl)c2)c2nc3ccccc3o2)C(=O)N1. The number of aromatic nitrogens is 1. The Labute approximate surface area is 157 Å². The van der Waals surface area contributed by atoms with Gasteiger partial charge >= 0.3 is 6.03 Å². The molecule has 0 radical (unpaired) electrons. The number of primary amides is 1. The highest BCUT2D eigenvalue weighted by Crippen LogP contribution is 2.34. The van der Waals surface area contributed by atoms with Gasteiger partial charge in [-0.1, -0.05) is 29.8 Å². The zero-order valence-corrected chi connectivity index (χ0v) is 14.6. The van der Waals surface area contributed by atoms with Crippen LogP contribution in [0.15, 0.2) is 46.9 Å². The Balaban J connectivity index is 1.83. The molecular formula is C18H14ClFN4O3. The van der Waals surface area contributed by atoms with E-state index >= 15 is 0 Å². The van der Waals surface area contributed by atoms with E-state index in [-0.39, 0.29) is 17.5 Å². The fourth-order valence-electron chi connectivity index (χ4n) is 3.09. The van der Waals surface area contributed by atoms with Crippen LogP contribution in [0.5, 0.6) is 0 Å². The Hall–Kier alpha value is -3.13. The summed E-state index contributed by atoms with van der Waals surface area (Å²) in [5.41, 5.74) is 6.96. The Kier molecular flexibility index (Phi) is 4.19. The highest BCUT2D eigenvalue weighted by molar-refractivity contribution is 6.30. The summed E-state index contributed by atoms with van der Waals surface area (Å²) in [5, 5.41) is 2.42. The standard InChI is InChI=1S/C18H14ClFN4O3/c19-10-7-9(5-6-11(10)20)15(24-8-13(16(21)25)23-18(24)26)17-22-12-3-1-2-4-14(12)27-17/h1-7,13,15H,8H2,(H2,21,25)(H,23,26)/t13?,15-/m1/s1. The summed E-state index contributed by atoms with van der Waals surface area (Å²) in [7, 11) is 0. The first kappa shape index (κ1) is 17.3. The minimum absolute atomic E-state index is 0.0204. The van der Waals surface area contributed by atoms with Gasteiger partial charge in [-0.05, 0) is 29.8 Å². The molecule has 7 nitrogen and oxygen atoms in total. The van der Waals surface area contributed by atoms with Crippen molar-refractivity contribution in [2.24, 2.45) is 5.73 Å². The average Bonchev–Trinajstić information content (AvgIpc) is 3.22. The molecule has 4 rings (SSSR count). The van der Waals surface area contributed by atoms with Crippen LogP contribution in [0.25, 0.3) is 11.1 Å². The van der Waals surface area contributed by atoms with Gasteiger partial charge in [-0.2, -0.15) is 0 Å². The molecule has 27 heavy (non-hydrogen) atoms. The molecule has 0 saturated carbocycles. The van der Waals surface area contributed by atoms with Gasteiger partial charge in [0.15, 0.2) is 5.58 Å². The second-order valence-corrected chi connectivity index (χ2v) is 6.56. The third kappa shape index (κ3) is 3.08. The Morgan fingerprint density at radius 3 is 2.81 bits per heavy atom. The molecule has 138 valence electrons. The van der Waals surface area contributed by atoms with Gasteiger partial charge < -0.3 is 20.4 Å². The lowest BCUT2D eigenvalue weighted by Crippen LogP contribution is -2.39. The molecule has 2 heterocycles. The predicted octanol–water partition coefficient (Wildman–Crippen LogP) is 2.59. The molecule has 1 unspecified atom stereocenters. The van der Waals surface area contributed by atoms with E-state index in [1.165, 1.54) is 23.1 Å². The number of para-hydroxylation sites is 2. The monoisotopic (exact) mass is 388 g/mol. The molecule has 3 amide bonds. The van der Waals surface area contributed by atoms with Crippen LogP contribution in [-0.2, 0) is 4.79 Å². The summed E-state index contributed by atoms with van der Waals surface area (Å²) < 4.78 is 19.5. The fraction of sp³-hybridized carbons (Fsp3) is 0.167. The maximum Gasteiger partial charge on any atom is 0.319 e. The number of fused-ring (bicyclic) bond motifs is 1. The fourth-order valence-corrected chi connectivity index (χ4v) is 3.28. The van der Waals surface area contributed by atoms with Crippen molar-refractivity contribution in [3.05, 3.63) is 64.8 Å². The summed E-state index contributed by atoms with van der Waals surface area (Å²) in [5.74, 6) is -1.02. The van der Waals surface area contributed by atoms with Gasteiger partial charge in [0.2, 0.25) is 11.8 Å². The van der Waals surface area contributed by atoms with Crippen LogP contribution in [0.4, 0.5) is 9.18 Å². The number of oxazole rings is 1. The lowest BCUT2D eigenvalue weighted by Gasteiger charge is -2.24.